The fraction of sp³-hybridized carbons (Fsp3) is 0.500. The molecule has 32 heavy (non-hydrogen) atoms. The van der Waals surface area contributed by atoms with Gasteiger partial charge in [0.05, 0.1) is 16.6 Å². The standard InChI is InChI=1S/C22H29F3NO4PS/c1-21(26,13-14-31(28,29)30)12-11-18-9-10-20(32-18)19(27)8-3-2-5-16-6-4-7-17(15-16)22(23,24)25/h4,6-7,9-10,15H,2-3,5,8,11-14,26H2,1H3,(H2,28,29,30). The molecule has 1 aromatic heterocycles. The van der Waals surface area contributed by atoms with Crippen LogP contribution in [0.4, 0.5) is 13.2 Å². The van der Waals surface area contributed by atoms with E-state index in [0.29, 0.717) is 49.0 Å². The highest BCUT2D eigenvalue weighted by Gasteiger charge is 2.30. The summed E-state index contributed by atoms with van der Waals surface area (Å²) in [6.45, 7) is 1.76. The van der Waals surface area contributed by atoms with Crippen LogP contribution >= 0.6 is 18.9 Å². The first-order valence-electron chi connectivity index (χ1n) is 10.4. The van der Waals surface area contributed by atoms with Crippen molar-refractivity contribution >= 4 is 24.7 Å². The molecule has 178 valence electrons. The average molecular weight is 492 g/mol. The number of aryl methyl sites for hydroxylation is 2. The van der Waals surface area contributed by atoms with Gasteiger partial charge in [-0.05, 0) is 69.2 Å². The van der Waals surface area contributed by atoms with Crippen molar-refractivity contribution in [2.45, 2.75) is 63.6 Å². The zero-order valence-electron chi connectivity index (χ0n) is 17.9. The second kappa shape index (κ2) is 11.1. The Morgan fingerprint density at radius 3 is 2.47 bits per heavy atom. The zero-order chi connectivity index (χ0) is 24.0. The van der Waals surface area contributed by atoms with E-state index >= 15 is 0 Å². The number of halogens is 3. The van der Waals surface area contributed by atoms with Crippen LogP contribution < -0.4 is 5.73 Å². The molecule has 4 N–H and O–H groups in total. The maximum atomic E-state index is 12.8. The number of hydrogen-bond donors (Lipinski definition) is 3. The number of rotatable bonds is 12. The van der Waals surface area contributed by atoms with Gasteiger partial charge in [0.15, 0.2) is 5.78 Å². The summed E-state index contributed by atoms with van der Waals surface area (Å²) < 4.78 is 49.4. The molecule has 0 aliphatic carbocycles. The number of unbranched alkanes of at least 4 members (excludes halogenated alkanes) is 1. The second-order valence-corrected chi connectivity index (χ2v) is 11.3. The molecule has 2 aromatic rings. The molecule has 0 saturated heterocycles. The van der Waals surface area contributed by atoms with Crippen molar-refractivity contribution in [1.29, 1.82) is 0 Å². The Kier molecular flexibility index (Phi) is 9.25. The summed E-state index contributed by atoms with van der Waals surface area (Å²) in [5, 5.41) is 0. The predicted molar refractivity (Wildman–Crippen MR) is 120 cm³/mol. The number of hydrogen-bond acceptors (Lipinski definition) is 4. The lowest BCUT2D eigenvalue weighted by atomic mass is 9.94. The second-order valence-electron chi connectivity index (χ2n) is 8.39. The molecule has 0 aliphatic heterocycles. The van der Waals surface area contributed by atoms with E-state index in [1.54, 1.807) is 19.1 Å². The number of carbonyl (C=O) groups is 1. The molecule has 0 spiro atoms. The van der Waals surface area contributed by atoms with Gasteiger partial charge in [-0.2, -0.15) is 13.2 Å². The van der Waals surface area contributed by atoms with E-state index in [9.17, 15) is 22.5 Å². The molecule has 0 saturated carbocycles. The largest absolute Gasteiger partial charge is 0.416 e. The van der Waals surface area contributed by atoms with Gasteiger partial charge in [-0.25, -0.2) is 0 Å². The summed E-state index contributed by atoms with van der Waals surface area (Å²) in [6, 6.07) is 8.88. The first-order chi connectivity index (χ1) is 14.8. The van der Waals surface area contributed by atoms with Crippen LogP contribution in [0, 0.1) is 0 Å². The van der Waals surface area contributed by atoms with Gasteiger partial charge >= 0.3 is 13.8 Å². The molecule has 0 aliphatic rings. The van der Waals surface area contributed by atoms with Crippen LogP contribution in [0.3, 0.4) is 0 Å². The van der Waals surface area contributed by atoms with Gasteiger partial charge < -0.3 is 15.5 Å². The molecule has 1 unspecified atom stereocenters. The van der Waals surface area contributed by atoms with E-state index in [1.807, 2.05) is 6.07 Å². The summed E-state index contributed by atoms with van der Waals surface area (Å²) in [5.74, 6) is 0.00213. The van der Waals surface area contributed by atoms with Gasteiger partial charge in [0.25, 0.3) is 0 Å². The Labute approximate surface area is 190 Å². The summed E-state index contributed by atoms with van der Waals surface area (Å²) in [4.78, 5) is 32.0. The third-order valence-corrected chi connectivity index (χ3v) is 7.22. The van der Waals surface area contributed by atoms with Crippen LogP contribution in [0.5, 0.6) is 0 Å². The lowest BCUT2D eigenvalue weighted by molar-refractivity contribution is -0.137. The molecule has 1 aromatic carbocycles. The average Bonchev–Trinajstić information content (AvgIpc) is 3.17. The summed E-state index contributed by atoms with van der Waals surface area (Å²) in [7, 11) is -4.08. The fourth-order valence-corrected chi connectivity index (χ4v) is 5.01. The Morgan fingerprint density at radius 2 is 1.81 bits per heavy atom. The molecule has 0 amide bonds. The van der Waals surface area contributed by atoms with Gasteiger partial charge in [-0.3, -0.25) is 9.36 Å². The van der Waals surface area contributed by atoms with Crippen molar-refractivity contribution in [2.24, 2.45) is 5.73 Å². The smallest absolute Gasteiger partial charge is 0.325 e. The van der Waals surface area contributed by atoms with Crippen molar-refractivity contribution in [1.82, 2.24) is 0 Å². The molecule has 2 rings (SSSR count). The molecular formula is C22H29F3NO4PS. The number of ketones is 1. The van der Waals surface area contributed by atoms with Crippen LogP contribution in [-0.4, -0.2) is 27.3 Å². The van der Waals surface area contributed by atoms with Crippen LogP contribution in [0.15, 0.2) is 36.4 Å². The number of Topliss-reactive ketones (excluding diaryl/α,β-unsaturated/α-hetero) is 1. The van der Waals surface area contributed by atoms with Gasteiger partial charge in [0.1, 0.15) is 0 Å². The van der Waals surface area contributed by atoms with E-state index in [0.717, 1.165) is 17.0 Å². The van der Waals surface area contributed by atoms with Gasteiger partial charge in [-0.1, -0.05) is 18.2 Å². The number of benzene rings is 1. The number of alkyl halides is 3. The molecule has 1 atom stereocenters. The van der Waals surface area contributed by atoms with Gasteiger partial charge in [0, 0.05) is 16.8 Å². The van der Waals surface area contributed by atoms with Crippen LogP contribution in [0.25, 0.3) is 0 Å². The highest BCUT2D eigenvalue weighted by Crippen LogP contribution is 2.37. The minimum Gasteiger partial charge on any atom is -0.325 e. The van der Waals surface area contributed by atoms with E-state index in [2.05, 4.69) is 0 Å². The van der Waals surface area contributed by atoms with E-state index in [-0.39, 0.29) is 18.4 Å². The van der Waals surface area contributed by atoms with Crippen LogP contribution in [0.1, 0.15) is 64.7 Å². The van der Waals surface area contributed by atoms with Crippen LogP contribution in [-0.2, 0) is 23.6 Å². The number of nitrogens with two attached hydrogens (primary N) is 1. The van der Waals surface area contributed by atoms with Crippen molar-refractivity contribution < 1.29 is 32.3 Å². The lowest BCUT2D eigenvalue weighted by Crippen LogP contribution is -2.37. The monoisotopic (exact) mass is 491 g/mol. The molecule has 0 bridgehead atoms. The molecular weight excluding hydrogens is 462 g/mol. The zero-order valence-corrected chi connectivity index (χ0v) is 19.6. The minimum atomic E-state index is -4.36. The van der Waals surface area contributed by atoms with Gasteiger partial charge in [0.2, 0.25) is 0 Å². The van der Waals surface area contributed by atoms with Crippen molar-refractivity contribution in [3.63, 3.8) is 0 Å². The van der Waals surface area contributed by atoms with Crippen molar-refractivity contribution in [3.8, 4) is 0 Å². The predicted octanol–water partition coefficient (Wildman–Crippen LogP) is 5.58. The summed E-state index contributed by atoms with van der Waals surface area (Å²) in [6.07, 6.45) is -1.23. The van der Waals surface area contributed by atoms with Gasteiger partial charge in [-0.15, -0.1) is 11.3 Å². The highest BCUT2D eigenvalue weighted by molar-refractivity contribution is 7.51. The molecule has 0 radical (unpaired) electrons. The fourth-order valence-electron chi connectivity index (χ4n) is 3.24. The third-order valence-electron chi connectivity index (χ3n) is 5.23. The van der Waals surface area contributed by atoms with E-state index in [1.165, 1.54) is 17.4 Å². The first-order valence-corrected chi connectivity index (χ1v) is 13.0. The van der Waals surface area contributed by atoms with Crippen molar-refractivity contribution in [2.75, 3.05) is 6.16 Å². The maximum Gasteiger partial charge on any atom is 0.416 e. The first kappa shape index (κ1) is 26.7. The number of thiophene rings is 1. The maximum absolute atomic E-state index is 12.8. The number of carbonyl (C=O) groups excluding carboxylic acids is 1. The Bertz CT molecular complexity index is 953. The quantitative estimate of drug-likeness (QED) is 0.204. The normalized spacial score (nSPS) is 14.3. The molecule has 5 nitrogen and oxygen atoms in total. The summed E-state index contributed by atoms with van der Waals surface area (Å²) in [5.41, 5.74) is 5.37. The van der Waals surface area contributed by atoms with E-state index < -0.39 is 24.9 Å². The minimum absolute atomic E-state index is 0.00213. The topological polar surface area (TPSA) is 101 Å². The van der Waals surface area contributed by atoms with Crippen molar-refractivity contribution in [3.05, 3.63) is 57.3 Å². The van der Waals surface area contributed by atoms with Crippen LogP contribution in [0.2, 0.25) is 0 Å². The SMILES string of the molecule is CC(N)(CCc1ccc(C(=O)CCCCc2cccc(C(F)(F)F)c2)s1)CCP(=O)(O)O. The summed E-state index contributed by atoms with van der Waals surface area (Å²) >= 11 is 1.38. The lowest BCUT2D eigenvalue weighted by Gasteiger charge is -2.24. The molecule has 10 heteroatoms. The Balaban J connectivity index is 1.76. The highest BCUT2D eigenvalue weighted by atomic mass is 32.1. The third kappa shape index (κ3) is 9.55. The Morgan fingerprint density at radius 1 is 1.09 bits per heavy atom. The molecule has 0 fully saturated rings. The molecule has 1 heterocycles. The Hall–Kier alpha value is -1.51. The van der Waals surface area contributed by atoms with E-state index in [4.69, 9.17) is 15.5 Å².